The van der Waals surface area contributed by atoms with Gasteiger partial charge in [0.25, 0.3) is 0 Å². The van der Waals surface area contributed by atoms with E-state index in [2.05, 4.69) is 4.74 Å². The Labute approximate surface area is 116 Å². The number of aryl methyl sites for hydroxylation is 1. The van der Waals surface area contributed by atoms with Gasteiger partial charge in [0.2, 0.25) is 0 Å². The summed E-state index contributed by atoms with van der Waals surface area (Å²) in [6.45, 7) is 2.90. The maximum Gasteiger partial charge on any atom is 0.411 e. The largest absolute Gasteiger partial charge is 0.493 e. The zero-order valence-corrected chi connectivity index (χ0v) is 11.7. The van der Waals surface area contributed by atoms with Crippen molar-refractivity contribution in [2.24, 2.45) is 5.73 Å². The third kappa shape index (κ3) is 6.25. The maximum atomic E-state index is 11.8. The van der Waals surface area contributed by atoms with Gasteiger partial charge in [0.15, 0.2) is 0 Å². The summed E-state index contributed by atoms with van der Waals surface area (Å²) < 4.78 is 45.6. The summed E-state index contributed by atoms with van der Waals surface area (Å²) in [6, 6.07) is 5.51. The average molecular weight is 291 g/mol. The number of nitrogens with two attached hydrogens (primary N) is 1. The fraction of sp³-hybridized carbons (Fsp3) is 0.571. The van der Waals surface area contributed by atoms with Crippen molar-refractivity contribution in [2.45, 2.75) is 32.5 Å². The predicted octanol–water partition coefficient (Wildman–Crippen LogP) is 3.36. The van der Waals surface area contributed by atoms with E-state index in [4.69, 9.17) is 10.5 Å². The molecule has 20 heavy (non-hydrogen) atoms. The van der Waals surface area contributed by atoms with Crippen LogP contribution in [0.1, 0.15) is 30.5 Å². The van der Waals surface area contributed by atoms with E-state index in [0.717, 1.165) is 11.1 Å². The van der Waals surface area contributed by atoms with Crippen molar-refractivity contribution in [1.82, 2.24) is 0 Å². The van der Waals surface area contributed by atoms with Crippen LogP contribution in [0.3, 0.4) is 0 Å². The highest BCUT2D eigenvalue weighted by Crippen LogP contribution is 2.25. The van der Waals surface area contributed by atoms with Crippen molar-refractivity contribution in [1.29, 1.82) is 0 Å². The molecular formula is C14H20F3NO2. The van der Waals surface area contributed by atoms with Gasteiger partial charge in [0.1, 0.15) is 12.4 Å². The second-order valence-corrected chi connectivity index (χ2v) is 4.70. The molecule has 0 saturated carbocycles. The Morgan fingerprint density at radius 3 is 2.55 bits per heavy atom. The van der Waals surface area contributed by atoms with Gasteiger partial charge in [0, 0.05) is 18.0 Å². The van der Waals surface area contributed by atoms with E-state index in [1.54, 1.807) is 0 Å². The number of alkyl halides is 3. The van der Waals surface area contributed by atoms with Crippen LogP contribution in [0.2, 0.25) is 0 Å². The molecule has 6 heteroatoms. The minimum Gasteiger partial charge on any atom is -0.493 e. The van der Waals surface area contributed by atoms with Gasteiger partial charge < -0.3 is 15.2 Å². The van der Waals surface area contributed by atoms with Crippen LogP contribution < -0.4 is 10.5 Å². The second-order valence-electron chi connectivity index (χ2n) is 4.70. The van der Waals surface area contributed by atoms with Gasteiger partial charge in [0.05, 0.1) is 13.2 Å². The average Bonchev–Trinajstić information content (AvgIpc) is 2.33. The van der Waals surface area contributed by atoms with E-state index in [-0.39, 0.29) is 12.6 Å². The molecule has 0 amide bonds. The standard InChI is InChI=1S/C14H20F3NO2/c1-10-4-5-13(12(8-10)11(2)18)20-7-3-6-19-9-14(15,16)17/h4-5,8,11H,3,6-7,9,18H2,1-2H3/t11-/m1/s1. The first-order valence-corrected chi connectivity index (χ1v) is 6.43. The van der Waals surface area contributed by atoms with Gasteiger partial charge in [-0.2, -0.15) is 13.2 Å². The Morgan fingerprint density at radius 1 is 1.25 bits per heavy atom. The second kappa shape index (κ2) is 7.50. The van der Waals surface area contributed by atoms with Gasteiger partial charge in [-0.25, -0.2) is 0 Å². The fourth-order valence-electron chi connectivity index (χ4n) is 1.69. The molecule has 1 aromatic rings. The Morgan fingerprint density at radius 2 is 1.95 bits per heavy atom. The number of hydrogen-bond donors (Lipinski definition) is 1. The summed E-state index contributed by atoms with van der Waals surface area (Å²) in [4.78, 5) is 0. The molecule has 0 spiro atoms. The van der Waals surface area contributed by atoms with E-state index >= 15 is 0 Å². The highest BCUT2D eigenvalue weighted by Gasteiger charge is 2.27. The minimum atomic E-state index is -4.28. The molecule has 0 saturated heterocycles. The summed E-state index contributed by atoms with van der Waals surface area (Å²) in [5, 5.41) is 0. The first kappa shape index (κ1) is 16.8. The monoisotopic (exact) mass is 291 g/mol. The lowest BCUT2D eigenvalue weighted by Gasteiger charge is -2.15. The van der Waals surface area contributed by atoms with Gasteiger partial charge in [-0.3, -0.25) is 0 Å². The Hall–Kier alpha value is -1.27. The van der Waals surface area contributed by atoms with Crippen LogP contribution in [0.4, 0.5) is 13.2 Å². The van der Waals surface area contributed by atoms with E-state index in [0.29, 0.717) is 18.8 Å². The third-order valence-electron chi connectivity index (χ3n) is 2.61. The van der Waals surface area contributed by atoms with Crippen molar-refractivity contribution >= 4 is 0 Å². The molecule has 0 aliphatic heterocycles. The quantitative estimate of drug-likeness (QED) is 0.783. The lowest BCUT2D eigenvalue weighted by Crippen LogP contribution is -2.18. The van der Waals surface area contributed by atoms with E-state index in [1.165, 1.54) is 0 Å². The van der Waals surface area contributed by atoms with Crippen molar-refractivity contribution in [3.05, 3.63) is 29.3 Å². The van der Waals surface area contributed by atoms with Crippen molar-refractivity contribution < 1.29 is 22.6 Å². The topological polar surface area (TPSA) is 44.5 Å². The van der Waals surface area contributed by atoms with Gasteiger partial charge in [-0.1, -0.05) is 17.7 Å². The molecule has 0 aliphatic carbocycles. The zero-order chi connectivity index (χ0) is 15.2. The Balaban J connectivity index is 2.35. The van der Waals surface area contributed by atoms with Crippen molar-refractivity contribution in [2.75, 3.05) is 19.8 Å². The van der Waals surface area contributed by atoms with Gasteiger partial charge >= 0.3 is 6.18 Å². The summed E-state index contributed by atoms with van der Waals surface area (Å²) in [5.41, 5.74) is 7.83. The van der Waals surface area contributed by atoms with Crippen LogP contribution in [0.25, 0.3) is 0 Å². The molecule has 1 atom stereocenters. The van der Waals surface area contributed by atoms with Crippen LogP contribution in [-0.2, 0) is 4.74 Å². The van der Waals surface area contributed by atoms with Gasteiger partial charge in [-0.15, -0.1) is 0 Å². The highest BCUT2D eigenvalue weighted by atomic mass is 19.4. The molecule has 114 valence electrons. The molecule has 0 radical (unpaired) electrons. The summed E-state index contributed by atoms with van der Waals surface area (Å²) in [6.07, 6.45) is -3.89. The first-order valence-electron chi connectivity index (χ1n) is 6.43. The van der Waals surface area contributed by atoms with E-state index in [9.17, 15) is 13.2 Å². The summed E-state index contributed by atoms with van der Waals surface area (Å²) >= 11 is 0. The van der Waals surface area contributed by atoms with Gasteiger partial charge in [-0.05, 0) is 19.9 Å². The normalized spacial score (nSPS) is 13.3. The maximum absolute atomic E-state index is 11.8. The molecule has 1 aromatic carbocycles. The number of rotatable bonds is 7. The first-order chi connectivity index (χ1) is 9.29. The smallest absolute Gasteiger partial charge is 0.411 e. The Kier molecular flexibility index (Phi) is 6.29. The highest BCUT2D eigenvalue weighted by molar-refractivity contribution is 5.38. The van der Waals surface area contributed by atoms with Crippen LogP contribution >= 0.6 is 0 Å². The van der Waals surface area contributed by atoms with E-state index in [1.807, 2.05) is 32.0 Å². The number of halogens is 3. The zero-order valence-electron chi connectivity index (χ0n) is 11.7. The van der Waals surface area contributed by atoms with Crippen molar-refractivity contribution in [3.63, 3.8) is 0 Å². The van der Waals surface area contributed by atoms with Crippen molar-refractivity contribution in [3.8, 4) is 5.75 Å². The number of hydrogen-bond acceptors (Lipinski definition) is 3. The number of benzene rings is 1. The lowest BCUT2D eigenvalue weighted by atomic mass is 10.1. The van der Waals surface area contributed by atoms with Crippen LogP contribution in [0, 0.1) is 6.92 Å². The molecule has 0 unspecified atom stereocenters. The SMILES string of the molecule is Cc1ccc(OCCCOCC(F)(F)F)c([C@@H](C)N)c1. The Bertz CT molecular complexity index is 419. The van der Waals surface area contributed by atoms with Crippen LogP contribution in [0.15, 0.2) is 18.2 Å². The molecule has 3 nitrogen and oxygen atoms in total. The molecule has 0 bridgehead atoms. The lowest BCUT2D eigenvalue weighted by molar-refractivity contribution is -0.174. The molecular weight excluding hydrogens is 271 g/mol. The fourth-order valence-corrected chi connectivity index (χ4v) is 1.69. The predicted molar refractivity (Wildman–Crippen MR) is 70.8 cm³/mol. The molecule has 0 aliphatic rings. The van der Waals surface area contributed by atoms with Crippen LogP contribution in [-0.4, -0.2) is 26.0 Å². The summed E-state index contributed by atoms with van der Waals surface area (Å²) in [7, 11) is 0. The molecule has 0 aromatic heterocycles. The third-order valence-corrected chi connectivity index (χ3v) is 2.61. The molecule has 0 heterocycles. The number of ether oxygens (including phenoxy) is 2. The minimum absolute atomic E-state index is 0.0128. The molecule has 2 N–H and O–H groups in total. The summed E-state index contributed by atoms with van der Waals surface area (Å²) in [5.74, 6) is 0.668. The van der Waals surface area contributed by atoms with E-state index < -0.39 is 12.8 Å². The van der Waals surface area contributed by atoms with Crippen LogP contribution in [0.5, 0.6) is 5.75 Å². The molecule has 0 fully saturated rings. The molecule has 1 rings (SSSR count).